The number of aliphatic imine (C=N–C) groups is 1. The minimum Gasteiger partial charge on any atom is -0.493 e. The lowest BCUT2D eigenvalue weighted by Gasteiger charge is -2.34. The minimum atomic E-state index is -0.101. The molecule has 0 amide bonds. The van der Waals surface area contributed by atoms with E-state index in [9.17, 15) is 0 Å². The summed E-state index contributed by atoms with van der Waals surface area (Å²) in [4.78, 5) is 6.99. The first-order valence-electron chi connectivity index (χ1n) is 11.4. The topological polar surface area (TPSA) is 58.1 Å². The molecule has 1 saturated heterocycles. The van der Waals surface area contributed by atoms with Gasteiger partial charge in [-0.2, -0.15) is 0 Å². The van der Waals surface area contributed by atoms with Crippen LogP contribution in [0.2, 0.25) is 0 Å². The molecule has 0 spiro atoms. The quantitative estimate of drug-likeness (QED) is 0.485. The summed E-state index contributed by atoms with van der Waals surface area (Å²) in [7, 11) is 5.17. The molecule has 0 atom stereocenters. The van der Waals surface area contributed by atoms with Crippen molar-refractivity contribution in [1.29, 1.82) is 0 Å². The number of guanidine groups is 1. The number of likely N-dealkylation sites (tertiary alicyclic amines) is 1. The van der Waals surface area contributed by atoms with Crippen LogP contribution in [0.5, 0.6) is 11.5 Å². The summed E-state index contributed by atoms with van der Waals surface area (Å²) in [6.07, 6.45) is 2.24. The third-order valence-corrected chi connectivity index (χ3v) is 6.26. The average molecular weight is 439 g/mol. The standard InChI is InChI=1S/C26H38N4O2/c1-26(2,21-11-12-23(31-4)24(17-21)32-5)19-28-25(27-3)29-22-13-15-30(16-14-22)18-20-9-7-6-8-10-20/h6-12,17,22H,13-16,18-19H2,1-5H3,(H2,27,28,29). The van der Waals surface area contributed by atoms with Gasteiger partial charge in [0.1, 0.15) is 0 Å². The number of benzene rings is 2. The first-order chi connectivity index (χ1) is 15.4. The molecule has 1 aliphatic heterocycles. The normalized spacial score (nSPS) is 16.0. The smallest absolute Gasteiger partial charge is 0.191 e. The van der Waals surface area contributed by atoms with Gasteiger partial charge in [0, 0.05) is 44.7 Å². The van der Waals surface area contributed by atoms with Gasteiger partial charge >= 0.3 is 0 Å². The molecular formula is C26H38N4O2. The molecule has 2 N–H and O–H groups in total. The Hall–Kier alpha value is -2.73. The van der Waals surface area contributed by atoms with E-state index in [1.54, 1.807) is 14.2 Å². The molecule has 2 aromatic rings. The summed E-state index contributed by atoms with van der Waals surface area (Å²) in [6.45, 7) is 8.42. The monoisotopic (exact) mass is 438 g/mol. The second kappa shape index (κ2) is 11.2. The van der Waals surface area contributed by atoms with Gasteiger partial charge < -0.3 is 20.1 Å². The Kier molecular flexibility index (Phi) is 8.39. The van der Waals surface area contributed by atoms with E-state index in [0.717, 1.165) is 56.5 Å². The summed E-state index contributed by atoms with van der Waals surface area (Å²) in [5.74, 6) is 2.36. The molecule has 1 aliphatic rings. The van der Waals surface area contributed by atoms with Crippen LogP contribution in [0, 0.1) is 0 Å². The van der Waals surface area contributed by atoms with Gasteiger partial charge in [0.05, 0.1) is 14.2 Å². The largest absolute Gasteiger partial charge is 0.493 e. The zero-order valence-electron chi connectivity index (χ0n) is 20.1. The van der Waals surface area contributed by atoms with E-state index >= 15 is 0 Å². The van der Waals surface area contributed by atoms with Gasteiger partial charge in [0.15, 0.2) is 17.5 Å². The summed E-state index contributed by atoms with van der Waals surface area (Å²) < 4.78 is 10.9. The predicted octanol–water partition coefficient (Wildman–Crippen LogP) is 3.81. The third kappa shape index (κ3) is 6.39. The molecular weight excluding hydrogens is 400 g/mol. The van der Waals surface area contributed by atoms with Gasteiger partial charge in [0.2, 0.25) is 0 Å². The Bertz CT molecular complexity index is 875. The van der Waals surface area contributed by atoms with Crippen LogP contribution in [0.3, 0.4) is 0 Å². The van der Waals surface area contributed by atoms with E-state index in [-0.39, 0.29) is 5.41 Å². The van der Waals surface area contributed by atoms with E-state index in [1.165, 1.54) is 11.1 Å². The Morgan fingerprint density at radius 1 is 1.03 bits per heavy atom. The van der Waals surface area contributed by atoms with Gasteiger partial charge in [-0.15, -0.1) is 0 Å². The first-order valence-corrected chi connectivity index (χ1v) is 11.4. The fourth-order valence-corrected chi connectivity index (χ4v) is 4.13. The Balaban J connectivity index is 1.49. The van der Waals surface area contributed by atoms with Crippen LogP contribution in [0.4, 0.5) is 0 Å². The molecule has 2 aromatic carbocycles. The minimum absolute atomic E-state index is 0.101. The molecule has 0 aliphatic carbocycles. The maximum absolute atomic E-state index is 5.48. The van der Waals surface area contributed by atoms with Crippen LogP contribution in [0.15, 0.2) is 53.5 Å². The number of methoxy groups -OCH3 is 2. The summed E-state index contributed by atoms with van der Waals surface area (Å²) in [5, 5.41) is 7.15. The highest BCUT2D eigenvalue weighted by atomic mass is 16.5. The number of hydrogen-bond donors (Lipinski definition) is 2. The molecule has 6 heteroatoms. The van der Waals surface area contributed by atoms with Crippen molar-refractivity contribution in [2.75, 3.05) is 40.9 Å². The second-order valence-electron chi connectivity index (χ2n) is 9.06. The zero-order valence-corrected chi connectivity index (χ0v) is 20.1. The van der Waals surface area contributed by atoms with Crippen LogP contribution in [0.25, 0.3) is 0 Å². The lowest BCUT2D eigenvalue weighted by molar-refractivity contribution is 0.198. The lowest BCUT2D eigenvalue weighted by atomic mass is 9.84. The van der Waals surface area contributed by atoms with Crippen molar-refractivity contribution in [3.8, 4) is 11.5 Å². The molecule has 174 valence electrons. The summed E-state index contributed by atoms with van der Waals surface area (Å²) >= 11 is 0. The average Bonchev–Trinajstić information content (AvgIpc) is 2.83. The van der Waals surface area contributed by atoms with E-state index in [1.807, 2.05) is 13.1 Å². The third-order valence-electron chi connectivity index (χ3n) is 6.26. The van der Waals surface area contributed by atoms with Crippen molar-refractivity contribution in [3.63, 3.8) is 0 Å². The van der Waals surface area contributed by atoms with Crippen molar-refractivity contribution in [3.05, 3.63) is 59.7 Å². The fourth-order valence-electron chi connectivity index (χ4n) is 4.13. The highest BCUT2D eigenvalue weighted by molar-refractivity contribution is 5.80. The van der Waals surface area contributed by atoms with Crippen molar-refractivity contribution in [1.82, 2.24) is 15.5 Å². The molecule has 0 aromatic heterocycles. The fraction of sp³-hybridized carbons (Fsp3) is 0.500. The van der Waals surface area contributed by atoms with Crippen LogP contribution in [0.1, 0.15) is 37.8 Å². The van der Waals surface area contributed by atoms with Crippen LogP contribution >= 0.6 is 0 Å². The van der Waals surface area contributed by atoms with Gasteiger partial charge in [-0.3, -0.25) is 9.89 Å². The lowest BCUT2D eigenvalue weighted by Crippen LogP contribution is -2.50. The van der Waals surface area contributed by atoms with E-state index in [0.29, 0.717) is 6.04 Å². The number of rotatable bonds is 8. The summed E-state index contributed by atoms with van der Waals surface area (Å²) in [6, 6.07) is 17.3. The molecule has 1 heterocycles. The zero-order chi connectivity index (χ0) is 23.0. The molecule has 0 radical (unpaired) electrons. The van der Waals surface area contributed by atoms with Crippen LogP contribution < -0.4 is 20.1 Å². The highest BCUT2D eigenvalue weighted by Gasteiger charge is 2.24. The Morgan fingerprint density at radius 3 is 2.34 bits per heavy atom. The number of ether oxygens (including phenoxy) is 2. The van der Waals surface area contributed by atoms with Crippen molar-refractivity contribution < 1.29 is 9.47 Å². The molecule has 3 rings (SSSR count). The van der Waals surface area contributed by atoms with Crippen LogP contribution in [-0.2, 0) is 12.0 Å². The second-order valence-corrected chi connectivity index (χ2v) is 9.06. The predicted molar refractivity (Wildman–Crippen MR) is 132 cm³/mol. The number of nitrogens with one attached hydrogen (secondary N) is 2. The van der Waals surface area contributed by atoms with Gasteiger partial charge in [-0.05, 0) is 36.1 Å². The van der Waals surface area contributed by atoms with Crippen molar-refractivity contribution in [2.24, 2.45) is 4.99 Å². The Labute approximate surface area is 193 Å². The van der Waals surface area contributed by atoms with E-state index < -0.39 is 0 Å². The molecule has 0 unspecified atom stereocenters. The molecule has 0 bridgehead atoms. The van der Waals surface area contributed by atoms with Crippen molar-refractivity contribution in [2.45, 2.75) is 44.7 Å². The summed E-state index contributed by atoms with van der Waals surface area (Å²) in [5.41, 5.74) is 2.47. The number of hydrogen-bond acceptors (Lipinski definition) is 4. The van der Waals surface area contributed by atoms with Gasteiger partial charge in [0.25, 0.3) is 0 Å². The van der Waals surface area contributed by atoms with Gasteiger partial charge in [-0.25, -0.2) is 0 Å². The van der Waals surface area contributed by atoms with E-state index in [4.69, 9.17) is 9.47 Å². The van der Waals surface area contributed by atoms with E-state index in [2.05, 4.69) is 76.8 Å². The van der Waals surface area contributed by atoms with Gasteiger partial charge in [-0.1, -0.05) is 50.2 Å². The Morgan fingerprint density at radius 2 is 1.72 bits per heavy atom. The number of piperidine rings is 1. The maximum Gasteiger partial charge on any atom is 0.191 e. The first kappa shape index (κ1) is 23.9. The molecule has 0 saturated carbocycles. The van der Waals surface area contributed by atoms with Crippen LogP contribution in [-0.4, -0.2) is 57.8 Å². The highest BCUT2D eigenvalue weighted by Crippen LogP contribution is 2.32. The molecule has 1 fully saturated rings. The molecule has 32 heavy (non-hydrogen) atoms. The number of nitrogens with zero attached hydrogens (tertiary/aromatic N) is 2. The molecule has 6 nitrogen and oxygen atoms in total. The van der Waals surface area contributed by atoms with Crippen molar-refractivity contribution >= 4 is 5.96 Å². The SMILES string of the molecule is CN=C(NCC(C)(C)c1ccc(OC)c(OC)c1)NC1CCN(Cc2ccccc2)CC1. The maximum atomic E-state index is 5.48.